The molecule has 0 bridgehead atoms. The van der Waals surface area contributed by atoms with Gasteiger partial charge in [0.15, 0.2) is 5.76 Å². The molecule has 106 valence electrons. The maximum absolute atomic E-state index is 12.6. The van der Waals surface area contributed by atoms with Crippen molar-refractivity contribution in [1.82, 2.24) is 4.90 Å². The van der Waals surface area contributed by atoms with Crippen molar-refractivity contribution in [2.45, 2.75) is 12.0 Å². The minimum atomic E-state index is -1.28. The standard InChI is InChI=1S/C15H17NO4/c1-16-7-6-15(18,13-5-3-9-20-13)11(10-16)14(17)12-4-2-8-19-12/h2-5,8-9,11,18H,6-7,10H2,1H3/t11-,15+/m0/s1. The molecule has 2 aromatic rings. The van der Waals surface area contributed by atoms with E-state index in [1.165, 1.54) is 12.5 Å². The number of carbonyl (C=O) groups is 1. The number of Topliss-reactive ketones (excluding diaryl/α,β-unsaturated/α-hetero) is 1. The molecule has 20 heavy (non-hydrogen) atoms. The average molecular weight is 275 g/mol. The highest BCUT2D eigenvalue weighted by atomic mass is 16.4. The van der Waals surface area contributed by atoms with Gasteiger partial charge in [0, 0.05) is 13.1 Å². The molecule has 5 heteroatoms. The second kappa shape index (κ2) is 4.92. The van der Waals surface area contributed by atoms with Crippen LogP contribution in [0.25, 0.3) is 0 Å². The number of likely N-dealkylation sites (tertiary alicyclic amines) is 1. The molecule has 0 aliphatic carbocycles. The molecule has 3 rings (SSSR count). The SMILES string of the molecule is CN1CC[C@](O)(c2ccco2)[C@H](C(=O)c2ccco2)C1. The van der Waals surface area contributed by atoms with Gasteiger partial charge in [-0.3, -0.25) is 4.79 Å². The van der Waals surface area contributed by atoms with E-state index in [-0.39, 0.29) is 11.5 Å². The number of ketones is 1. The first-order valence-electron chi connectivity index (χ1n) is 6.64. The fraction of sp³-hybridized carbons (Fsp3) is 0.400. The number of carbonyl (C=O) groups excluding carboxylic acids is 1. The third-order valence-electron chi connectivity index (χ3n) is 3.97. The Morgan fingerprint density at radius 2 is 2.10 bits per heavy atom. The van der Waals surface area contributed by atoms with Crippen LogP contribution in [0, 0.1) is 5.92 Å². The Morgan fingerprint density at radius 3 is 2.75 bits per heavy atom. The first-order valence-corrected chi connectivity index (χ1v) is 6.64. The summed E-state index contributed by atoms with van der Waals surface area (Å²) in [6.07, 6.45) is 3.43. The van der Waals surface area contributed by atoms with Crippen LogP contribution >= 0.6 is 0 Å². The number of furan rings is 2. The lowest BCUT2D eigenvalue weighted by Gasteiger charge is -2.41. The van der Waals surface area contributed by atoms with Gasteiger partial charge in [-0.05, 0) is 37.7 Å². The van der Waals surface area contributed by atoms with E-state index in [0.29, 0.717) is 25.3 Å². The van der Waals surface area contributed by atoms with E-state index in [4.69, 9.17) is 8.83 Å². The summed E-state index contributed by atoms with van der Waals surface area (Å²) in [7, 11) is 1.93. The van der Waals surface area contributed by atoms with E-state index in [1.807, 2.05) is 11.9 Å². The van der Waals surface area contributed by atoms with Gasteiger partial charge in [0.25, 0.3) is 0 Å². The van der Waals surface area contributed by atoms with Gasteiger partial charge in [0.1, 0.15) is 11.4 Å². The quantitative estimate of drug-likeness (QED) is 0.866. The molecule has 0 unspecified atom stereocenters. The molecule has 1 aliphatic heterocycles. The fourth-order valence-corrected chi connectivity index (χ4v) is 2.80. The molecule has 5 nitrogen and oxygen atoms in total. The molecule has 0 saturated carbocycles. The largest absolute Gasteiger partial charge is 0.466 e. The third-order valence-corrected chi connectivity index (χ3v) is 3.97. The molecule has 1 saturated heterocycles. The van der Waals surface area contributed by atoms with Gasteiger partial charge in [-0.25, -0.2) is 0 Å². The third kappa shape index (κ3) is 2.09. The normalized spacial score (nSPS) is 27.6. The Kier molecular flexibility index (Phi) is 3.23. The van der Waals surface area contributed by atoms with Crippen molar-refractivity contribution in [3.8, 4) is 0 Å². The van der Waals surface area contributed by atoms with Crippen molar-refractivity contribution in [2.24, 2.45) is 5.92 Å². The maximum atomic E-state index is 12.6. The summed E-state index contributed by atoms with van der Waals surface area (Å²) in [4.78, 5) is 14.6. The molecule has 0 aromatic carbocycles. The van der Waals surface area contributed by atoms with Crippen LogP contribution in [-0.2, 0) is 5.60 Å². The second-order valence-electron chi connectivity index (χ2n) is 5.31. The van der Waals surface area contributed by atoms with Gasteiger partial charge in [-0.2, -0.15) is 0 Å². The number of piperidine rings is 1. The van der Waals surface area contributed by atoms with E-state index in [1.54, 1.807) is 24.3 Å². The van der Waals surface area contributed by atoms with Crippen molar-refractivity contribution in [1.29, 1.82) is 0 Å². The van der Waals surface area contributed by atoms with Crippen LogP contribution in [0.4, 0.5) is 0 Å². The highest BCUT2D eigenvalue weighted by Crippen LogP contribution is 2.39. The van der Waals surface area contributed by atoms with E-state index >= 15 is 0 Å². The lowest BCUT2D eigenvalue weighted by Crippen LogP contribution is -2.51. The van der Waals surface area contributed by atoms with Gasteiger partial charge >= 0.3 is 0 Å². The summed E-state index contributed by atoms with van der Waals surface area (Å²) < 4.78 is 10.5. The van der Waals surface area contributed by atoms with Crippen molar-refractivity contribution >= 4 is 5.78 Å². The number of hydrogen-bond acceptors (Lipinski definition) is 5. The van der Waals surface area contributed by atoms with E-state index in [9.17, 15) is 9.90 Å². The minimum absolute atomic E-state index is 0.194. The zero-order valence-corrected chi connectivity index (χ0v) is 11.3. The van der Waals surface area contributed by atoms with Crippen molar-refractivity contribution < 1.29 is 18.7 Å². The minimum Gasteiger partial charge on any atom is -0.466 e. The Hall–Kier alpha value is -1.85. The Labute approximate surface area is 116 Å². The first kappa shape index (κ1) is 13.1. The fourth-order valence-electron chi connectivity index (χ4n) is 2.80. The molecule has 1 N–H and O–H groups in total. The number of hydrogen-bond donors (Lipinski definition) is 1. The maximum Gasteiger partial charge on any atom is 0.205 e. The van der Waals surface area contributed by atoms with Crippen molar-refractivity contribution in [2.75, 3.05) is 20.1 Å². The van der Waals surface area contributed by atoms with Gasteiger partial charge in [0.05, 0.1) is 18.4 Å². The highest BCUT2D eigenvalue weighted by Gasteiger charge is 2.48. The molecule has 1 fully saturated rings. The summed E-state index contributed by atoms with van der Waals surface area (Å²) in [5, 5.41) is 11.0. The Balaban J connectivity index is 1.97. The van der Waals surface area contributed by atoms with Crippen LogP contribution in [0.1, 0.15) is 22.7 Å². The van der Waals surface area contributed by atoms with Crippen LogP contribution in [0.15, 0.2) is 45.6 Å². The molecular weight excluding hydrogens is 258 g/mol. The lowest BCUT2D eigenvalue weighted by atomic mass is 9.76. The Bertz CT molecular complexity index is 575. The molecule has 1 aliphatic rings. The van der Waals surface area contributed by atoms with Crippen LogP contribution < -0.4 is 0 Å². The van der Waals surface area contributed by atoms with Crippen LogP contribution in [-0.4, -0.2) is 35.9 Å². The lowest BCUT2D eigenvalue weighted by molar-refractivity contribution is -0.0740. The van der Waals surface area contributed by atoms with Gasteiger partial charge in [-0.15, -0.1) is 0 Å². The van der Waals surface area contributed by atoms with Gasteiger partial charge < -0.3 is 18.8 Å². The Morgan fingerprint density at radius 1 is 1.35 bits per heavy atom. The molecule has 0 spiro atoms. The van der Waals surface area contributed by atoms with Crippen LogP contribution in [0.2, 0.25) is 0 Å². The molecule has 2 aromatic heterocycles. The summed E-state index contributed by atoms with van der Waals surface area (Å²) in [6, 6.07) is 6.74. The van der Waals surface area contributed by atoms with E-state index < -0.39 is 11.5 Å². The monoisotopic (exact) mass is 275 g/mol. The summed E-state index contributed by atoms with van der Waals surface area (Å²) in [5.41, 5.74) is -1.28. The highest BCUT2D eigenvalue weighted by molar-refractivity contribution is 5.96. The predicted molar refractivity (Wildman–Crippen MR) is 71.2 cm³/mol. The molecule has 2 atom stereocenters. The molecule has 0 radical (unpaired) electrons. The van der Waals surface area contributed by atoms with Crippen LogP contribution in [0.5, 0.6) is 0 Å². The van der Waals surface area contributed by atoms with E-state index in [2.05, 4.69) is 0 Å². The smallest absolute Gasteiger partial charge is 0.205 e. The number of nitrogens with zero attached hydrogens (tertiary/aromatic N) is 1. The predicted octanol–water partition coefficient (Wildman–Crippen LogP) is 1.89. The van der Waals surface area contributed by atoms with Crippen LogP contribution in [0.3, 0.4) is 0 Å². The first-order chi connectivity index (χ1) is 9.61. The topological polar surface area (TPSA) is 66.8 Å². The van der Waals surface area contributed by atoms with Crippen molar-refractivity contribution in [3.05, 3.63) is 48.3 Å². The van der Waals surface area contributed by atoms with E-state index in [0.717, 1.165) is 0 Å². The molecular formula is C15H17NO4. The average Bonchev–Trinajstić information content (AvgIpc) is 3.13. The number of aliphatic hydroxyl groups is 1. The van der Waals surface area contributed by atoms with Crippen molar-refractivity contribution in [3.63, 3.8) is 0 Å². The van der Waals surface area contributed by atoms with Gasteiger partial charge in [-0.1, -0.05) is 0 Å². The summed E-state index contributed by atoms with van der Waals surface area (Å²) >= 11 is 0. The van der Waals surface area contributed by atoms with Gasteiger partial charge in [0.2, 0.25) is 5.78 Å². The summed E-state index contributed by atoms with van der Waals surface area (Å²) in [6.45, 7) is 1.18. The molecule has 3 heterocycles. The zero-order chi connectivity index (χ0) is 14.2. The number of rotatable bonds is 3. The summed E-state index contributed by atoms with van der Waals surface area (Å²) in [5.74, 6) is -0.0789. The molecule has 0 amide bonds. The zero-order valence-electron chi connectivity index (χ0n) is 11.3. The second-order valence-corrected chi connectivity index (χ2v) is 5.31.